The molecule has 0 amide bonds. The predicted octanol–water partition coefficient (Wildman–Crippen LogP) is 4.59. The van der Waals surface area contributed by atoms with Gasteiger partial charge in [-0.2, -0.15) is 5.26 Å². The number of para-hydroxylation sites is 1. The summed E-state index contributed by atoms with van der Waals surface area (Å²) in [4.78, 5) is 16.9. The largest absolute Gasteiger partial charge is 0.365 e. The van der Waals surface area contributed by atoms with Gasteiger partial charge >= 0.3 is 0 Å². The number of aromatic nitrogens is 1. The first-order chi connectivity index (χ1) is 13.2. The van der Waals surface area contributed by atoms with Crippen LogP contribution in [0, 0.1) is 11.3 Å². The van der Waals surface area contributed by atoms with Gasteiger partial charge in [-0.3, -0.25) is 4.79 Å². The second-order valence-electron chi connectivity index (χ2n) is 6.69. The molecule has 27 heavy (non-hydrogen) atoms. The molecule has 5 rings (SSSR count). The molecule has 0 saturated heterocycles. The summed E-state index contributed by atoms with van der Waals surface area (Å²) in [6.07, 6.45) is 1.87. The van der Waals surface area contributed by atoms with Crippen LogP contribution in [-0.2, 0) is 5.54 Å². The van der Waals surface area contributed by atoms with E-state index < -0.39 is 5.54 Å². The molecule has 3 aromatic carbocycles. The highest BCUT2D eigenvalue weighted by molar-refractivity contribution is 6.17. The van der Waals surface area contributed by atoms with Gasteiger partial charge < -0.3 is 10.3 Å². The molecule has 0 spiro atoms. The summed E-state index contributed by atoms with van der Waals surface area (Å²) >= 11 is 0. The molecule has 1 aromatic heterocycles. The lowest BCUT2D eigenvalue weighted by Gasteiger charge is -2.29. The Kier molecular flexibility index (Phi) is 3.19. The first kappa shape index (κ1) is 15.4. The van der Waals surface area contributed by atoms with E-state index in [0.717, 1.165) is 27.7 Å². The normalized spacial score (nSPS) is 18.1. The fraction of sp³-hybridized carbons (Fsp3) is 0.0435. The van der Waals surface area contributed by atoms with Crippen molar-refractivity contribution in [2.45, 2.75) is 5.54 Å². The number of Topliss-reactive ketones (excluding diaryl/α,β-unsaturated/α-hetero) is 1. The first-order valence-electron chi connectivity index (χ1n) is 8.73. The molecule has 2 heterocycles. The van der Waals surface area contributed by atoms with Gasteiger partial charge in [0.2, 0.25) is 0 Å². The van der Waals surface area contributed by atoms with E-state index in [1.54, 1.807) is 6.07 Å². The number of carbonyl (C=O) groups is 1. The molecule has 0 fully saturated rings. The smallest absolute Gasteiger partial charge is 0.199 e. The van der Waals surface area contributed by atoms with E-state index in [0.29, 0.717) is 11.1 Å². The fourth-order valence-electron chi connectivity index (χ4n) is 3.99. The van der Waals surface area contributed by atoms with Crippen molar-refractivity contribution in [2.75, 3.05) is 5.32 Å². The van der Waals surface area contributed by atoms with Crippen molar-refractivity contribution in [1.82, 2.24) is 4.98 Å². The number of hydrogen-bond acceptors (Lipinski definition) is 3. The zero-order valence-corrected chi connectivity index (χ0v) is 14.4. The summed E-state index contributed by atoms with van der Waals surface area (Å²) in [6, 6.07) is 25.0. The third-order valence-corrected chi connectivity index (χ3v) is 5.26. The highest BCUT2D eigenvalue weighted by Crippen LogP contribution is 2.45. The monoisotopic (exact) mass is 349 g/mol. The van der Waals surface area contributed by atoms with Crippen molar-refractivity contribution in [2.24, 2.45) is 0 Å². The topological polar surface area (TPSA) is 68.7 Å². The number of hydrogen-bond donors (Lipinski definition) is 2. The summed E-state index contributed by atoms with van der Waals surface area (Å²) in [5.74, 6) is 0.0227. The molecule has 1 aliphatic rings. The van der Waals surface area contributed by atoms with Crippen LogP contribution in [-0.4, -0.2) is 10.8 Å². The van der Waals surface area contributed by atoms with Gasteiger partial charge in [0.1, 0.15) is 0 Å². The molecule has 0 radical (unpaired) electrons. The van der Waals surface area contributed by atoms with E-state index in [2.05, 4.69) is 16.4 Å². The molecule has 4 nitrogen and oxygen atoms in total. The van der Waals surface area contributed by atoms with Crippen LogP contribution >= 0.6 is 0 Å². The van der Waals surface area contributed by atoms with Crippen molar-refractivity contribution in [3.63, 3.8) is 0 Å². The number of rotatable bonds is 2. The molecule has 1 aliphatic heterocycles. The lowest BCUT2D eigenvalue weighted by Crippen LogP contribution is -2.39. The summed E-state index contributed by atoms with van der Waals surface area (Å²) in [5.41, 5.74) is 3.67. The molecule has 4 aromatic rings. The number of aromatic amines is 1. The molecule has 1 atom stereocenters. The van der Waals surface area contributed by atoms with Gasteiger partial charge in [-0.15, -0.1) is 0 Å². The van der Waals surface area contributed by atoms with Crippen molar-refractivity contribution in [1.29, 1.82) is 5.26 Å². The molecule has 0 saturated carbocycles. The quantitative estimate of drug-likeness (QED) is 0.556. The maximum absolute atomic E-state index is 13.7. The average molecular weight is 349 g/mol. The van der Waals surface area contributed by atoms with Gasteiger partial charge in [-0.1, -0.05) is 48.5 Å². The standard InChI is InChI=1S/C23H15N3O/c24-13-15-10-11-17-19(14-25-21(17)12-15)23(16-6-2-1-3-7-16)22(27)18-8-4-5-9-20(18)26-23/h1-12,14,25-26H. The van der Waals surface area contributed by atoms with E-state index >= 15 is 0 Å². The van der Waals surface area contributed by atoms with E-state index in [4.69, 9.17) is 0 Å². The molecule has 0 aliphatic carbocycles. The van der Waals surface area contributed by atoms with Crippen LogP contribution < -0.4 is 5.32 Å². The highest BCUT2D eigenvalue weighted by Gasteiger charge is 2.49. The molecule has 2 N–H and O–H groups in total. The van der Waals surface area contributed by atoms with Gasteiger partial charge in [-0.25, -0.2) is 0 Å². The Balaban J connectivity index is 1.82. The summed E-state index contributed by atoms with van der Waals surface area (Å²) < 4.78 is 0. The summed E-state index contributed by atoms with van der Waals surface area (Å²) in [6.45, 7) is 0. The van der Waals surface area contributed by atoms with Gasteiger partial charge in [0.15, 0.2) is 11.3 Å². The Labute approximate surface area is 156 Å². The molecular formula is C23H15N3O. The Morgan fingerprint density at radius 3 is 2.48 bits per heavy atom. The Bertz CT molecular complexity index is 1230. The maximum atomic E-state index is 13.7. The zero-order valence-electron chi connectivity index (χ0n) is 14.4. The number of nitrogens with one attached hydrogen (secondary N) is 2. The fourth-order valence-corrected chi connectivity index (χ4v) is 3.99. The zero-order chi connectivity index (χ0) is 18.4. The van der Waals surface area contributed by atoms with Gasteiger partial charge in [-0.05, 0) is 29.8 Å². The number of ketones is 1. The Hall–Kier alpha value is -3.84. The molecular weight excluding hydrogens is 334 g/mol. The van der Waals surface area contributed by atoms with Gasteiger partial charge in [0, 0.05) is 33.9 Å². The lowest BCUT2D eigenvalue weighted by molar-refractivity contribution is 0.0941. The molecule has 0 bridgehead atoms. The number of carbonyl (C=O) groups excluding carboxylic acids is 1. The molecule has 4 heteroatoms. The third-order valence-electron chi connectivity index (χ3n) is 5.26. The molecule has 1 unspecified atom stereocenters. The van der Waals surface area contributed by atoms with E-state index in [9.17, 15) is 10.1 Å². The number of nitriles is 1. The average Bonchev–Trinajstić information content (AvgIpc) is 3.28. The highest BCUT2D eigenvalue weighted by atomic mass is 16.1. The summed E-state index contributed by atoms with van der Waals surface area (Å²) in [5, 5.41) is 13.6. The van der Waals surface area contributed by atoms with Crippen molar-refractivity contribution in [3.05, 3.63) is 101 Å². The van der Waals surface area contributed by atoms with Crippen LogP contribution in [0.3, 0.4) is 0 Å². The Morgan fingerprint density at radius 1 is 0.926 bits per heavy atom. The SMILES string of the molecule is N#Cc1ccc2c(C3(c4ccccc4)Nc4ccccc4C3=O)c[nH]c2c1. The van der Waals surface area contributed by atoms with Gasteiger partial charge in [0.25, 0.3) is 0 Å². The van der Waals surface area contributed by atoms with Crippen LogP contribution in [0.1, 0.15) is 27.0 Å². The second-order valence-corrected chi connectivity index (χ2v) is 6.69. The van der Waals surface area contributed by atoms with Crippen LogP contribution in [0.4, 0.5) is 5.69 Å². The number of H-pyrrole nitrogens is 1. The number of benzene rings is 3. The van der Waals surface area contributed by atoms with E-state index in [1.165, 1.54) is 0 Å². The van der Waals surface area contributed by atoms with Gasteiger partial charge in [0.05, 0.1) is 11.6 Å². The van der Waals surface area contributed by atoms with Crippen LogP contribution in [0.2, 0.25) is 0 Å². The minimum absolute atomic E-state index is 0.0227. The number of fused-ring (bicyclic) bond motifs is 2. The van der Waals surface area contributed by atoms with Crippen molar-refractivity contribution < 1.29 is 4.79 Å². The van der Waals surface area contributed by atoms with E-state index in [-0.39, 0.29) is 5.78 Å². The van der Waals surface area contributed by atoms with Crippen molar-refractivity contribution in [3.8, 4) is 6.07 Å². The first-order valence-corrected chi connectivity index (χ1v) is 8.73. The minimum atomic E-state index is -1.00. The second kappa shape index (κ2) is 5.58. The van der Waals surface area contributed by atoms with Crippen LogP contribution in [0.5, 0.6) is 0 Å². The lowest BCUT2D eigenvalue weighted by atomic mass is 9.79. The maximum Gasteiger partial charge on any atom is 0.199 e. The van der Waals surface area contributed by atoms with E-state index in [1.807, 2.05) is 72.9 Å². The van der Waals surface area contributed by atoms with Crippen LogP contribution in [0.15, 0.2) is 79.0 Å². The number of nitrogens with zero attached hydrogens (tertiary/aromatic N) is 1. The number of anilines is 1. The minimum Gasteiger partial charge on any atom is -0.365 e. The summed E-state index contributed by atoms with van der Waals surface area (Å²) in [7, 11) is 0. The molecule has 128 valence electrons. The predicted molar refractivity (Wildman–Crippen MR) is 105 cm³/mol. The van der Waals surface area contributed by atoms with Crippen LogP contribution in [0.25, 0.3) is 10.9 Å². The van der Waals surface area contributed by atoms with Crippen molar-refractivity contribution >= 4 is 22.4 Å². The third kappa shape index (κ3) is 2.06. The Morgan fingerprint density at radius 2 is 1.70 bits per heavy atom.